The summed E-state index contributed by atoms with van der Waals surface area (Å²) in [6, 6.07) is 10.7. The molecule has 0 aliphatic rings. The van der Waals surface area contributed by atoms with Crippen LogP contribution in [-0.4, -0.2) is 6.29 Å². The smallest absolute Gasteiger partial charge is 0.151 e. The van der Waals surface area contributed by atoms with Crippen molar-refractivity contribution in [3.05, 3.63) is 57.0 Å². The van der Waals surface area contributed by atoms with Crippen LogP contribution in [0.3, 0.4) is 0 Å². The van der Waals surface area contributed by atoms with Crippen molar-refractivity contribution in [1.29, 1.82) is 0 Å². The number of aryl methyl sites for hydroxylation is 1. The van der Waals surface area contributed by atoms with Gasteiger partial charge in [-0.3, -0.25) is 4.79 Å². The maximum atomic E-state index is 10.6. The third-order valence-electron chi connectivity index (χ3n) is 2.46. The van der Waals surface area contributed by atoms with Crippen LogP contribution in [0.4, 0.5) is 0 Å². The van der Waals surface area contributed by atoms with E-state index in [2.05, 4.69) is 15.9 Å². The maximum absolute atomic E-state index is 10.6. The second-order valence-electron chi connectivity index (χ2n) is 3.81. The number of hydrogen-bond acceptors (Lipinski definition) is 2. The van der Waals surface area contributed by atoms with E-state index in [1.54, 1.807) is 18.2 Å². The fourth-order valence-corrected chi connectivity index (χ4v) is 1.95. The number of benzene rings is 2. The second kappa shape index (κ2) is 5.55. The van der Waals surface area contributed by atoms with E-state index in [1.807, 2.05) is 25.1 Å². The van der Waals surface area contributed by atoms with Crippen molar-refractivity contribution in [2.24, 2.45) is 0 Å². The number of halogens is 2. The van der Waals surface area contributed by atoms with Crippen LogP contribution in [0.25, 0.3) is 0 Å². The summed E-state index contributed by atoms with van der Waals surface area (Å²) in [5.41, 5.74) is 1.54. The van der Waals surface area contributed by atoms with Crippen molar-refractivity contribution in [3.63, 3.8) is 0 Å². The van der Waals surface area contributed by atoms with Crippen LogP contribution in [0.5, 0.6) is 11.5 Å². The molecule has 18 heavy (non-hydrogen) atoms. The van der Waals surface area contributed by atoms with Crippen molar-refractivity contribution < 1.29 is 9.53 Å². The highest BCUT2D eigenvalue weighted by Crippen LogP contribution is 2.28. The van der Waals surface area contributed by atoms with Crippen LogP contribution in [0.2, 0.25) is 5.02 Å². The zero-order chi connectivity index (χ0) is 13.1. The molecule has 0 fully saturated rings. The number of ether oxygens (including phenoxy) is 1. The summed E-state index contributed by atoms with van der Waals surface area (Å²) in [5.74, 6) is 1.33. The molecular weight excluding hydrogens is 316 g/mol. The summed E-state index contributed by atoms with van der Waals surface area (Å²) in [4.78, 5) is 10.6. The highest BCUT2D eigenvalue weighted by Gasteiger charge is 2.04. The quantitative estimate of drug-likeness (QED) is 0.741. The van der Waals surface area contributed by atoms with Gasteiger partial charge in [-0.05, 0) is 42.8 Å². The molecule has 0 atom stereocenters. The van der Waals surface area contributed by atoms with Gasteiger partial charge >= 0.3 is 0 Å². The molecule has 0 unspecified atom stereocenters. The molecule has 2 rings (SSSR count). The average Bonchev–Trinajstić information content (AvgIpc) is 2.34. The Labute approximate surface area is 119 Å². The van der Waals surface area contributed by atoms with E-state index < -0.39 is 0 Å². The number of rotatable bonds is 3. The largest absolute Gasteiger partial charge is 0.457 e. The van der Waals surface area contributed by atoms with E-state index in [4.69, 9.17) is 16.3 Å². The number of aldehydes is 1. The molecule has 0 amide bonds. The van der Waals surface area contributed by atoms with Gasteiger partial charge in [0.05, 0.1) is 5.02 Å². The topological polar surface area (TPSA) is 26.3 Å². The van der Waals surface area contributed by atoms with Gasteiger partial charge in [0.15, 0.2) is 6.29 Å². The first kappa shape index (κ1) is 13.1. The van der Waals surface area contributed by atoms with Crippen LogP contribution in [-0.2, 0) is 0 Å². The molecule has 0 N–H and O–H groups in total. The Morgan fingerprint density at radius 1 is 1.17 bits per heavy atom. The first-order chi connectivity index (χ1) is 8.60. The molecule has 0 aliphatic carbocycles. The Morgan fingerprint density at radius 2 is 1.83 bits per heavy atom. The third-order valence-corrected chi connectivity index (χ3v) is 3.68. The molecule has 2 nitrogen and oxygen atoms in total. The lowest BCUT2D eigenvalue weighted by Crippen LogP contribution is -1.88. The molecule has 0 bridgehead atoms. The molecule has 0 saturated heterocycles. The highest BCUT2D eigenvalue weighted by molar-refractivity contribution is 9.10. The van der Waals surface area contributed by atoms with Crippen molar-refractivity contribution >= 4 is 33.8 Å². The SMILES string of the molecule is Cc1cc(Oc2ccc(C=O)c(Cl)c2)ccc1Br. The van der Waals surface area contributed by atoms with Gasteiger partial charge < -0.3 is 4.74 Å². The van der Waals surface area contributed by atoms with Gasteiger partial charge in [-0.25, -0.2) is 0 Å². The molecule has 4 heteroatoms. The summed E-state index contributed by atoms with van der Waals surface area (Å²) in [7, 11) is 0. The van der Waals surface area contributed by atoms with Crippen LogP contribution >= 0.6 is 27.5 Å². The lowest BCUT2D eigenvalue weighted by atomic mass is 10.2. The van der Waals surface area contributed by atoms with Gasteiger partial charge in [0.1, 0.15) is 11.5 Å². The van der Waals surface area contributed by atoms with Crippen molar-refractivity contribution in [3.8, 4) is 11.5 Å². The minimum absolute atomic E-state index is 0.385. The van der Waals surface area contributed by atoms with Crippen LogP contribution in [0, 0.1) is 6.92 Å². The highest BCUT2D eigenvalue weighted by atomic mass is 79.9. The molecule has 0 spiro atoms. The first-order valence-corrected chi connectivity index (χ1v) is 6.46. The van der Waals surface area contributed by atoms with E-state index in [0.717, 1.165) is 22.1 Å². The predicted molar refractivity (Wildman–Crippen MR) is 75.8 cm³/mol. The van der Waals surface area contributed by atoms with Crippen molar-refractivity contribution in [2.75, 3.05) is 0 Å². The van der Waals surface area contributed by atoms with Gasteiger partial charge in [0.25, 0.3) is 0 Å². The molecule has 0 radical (unpaired) electrons. The van der Waals surface area contributed by atoms with Crippen molar-refractivity contribution in [2.45, 2.75) is 6.92 Å². The molecule has 0 saturated carbocycles. The molecule has 0 aromatic heterocycles. The summed E-state index contributed by atoms with van der Waals surface area (Å²) in [5, 5.41) is 0.385. The molecule has 0 heterocycles. The maximum Gasteiger partial charge on any atom is 0.151 e. The number of hydrogen-bond donors (Lipinski definition) is 0. The standard InChI is InChI=1S/C14H10BrClO2/c1-9-6-11(4-5-13(9)15)18-12-3-2-10(8-17)14(16)7-12/h2-8H,1H3. The first-order valence-electron chi connectivity index (χ1n) is 5.29. The summed E-state index contributed by atoms with van der Waals surface area (Å²) in [6.45, 7) is 1.99. The second-order valence-corrected chi connectivity index (χ2v) is 5.08. The molecule has 92 valence electrons. The molecular formula is C14H10BrClO2. The van der Waals surface area contributed by atoms with Gasteiger partial charge in [-0.15, -0.1) is 0 Å². The normalized spacial score (nSPS) is 10.2. The van der Waals surface area contributed by atoms with Gasteiger partial charge in [-0.1, -0.05) is 27.5 Å². The van der Waals surface area contributed by atoms with Gasteiger partial charge in [0.2, 0.25) is 0 Å². The lowest BCUT2D eigenvalue weighted by molar-refractivity contribution is 0.112. The summed E-state index contributed by atoms with van der Waals surface area (Å²) in [6.07, 6.45) is 0.718. The Hall–Kier alpha value is -1.32. The van der Waals surface area contributed by atoms with E-state index in [9.17, 15) is 4.79 Å². The zero-order valence-corrected chi connectivity index (χ0v) is 12.0. The van der Waals surface area contributed by atoms with E-state index in [0.29, 0.717) is 16.3 Å². The van der Waals surface area contributed by atoms with Gasteiger partial charge in [-0.2, -0.15) is 0 Å². The van der Waals surface area contributed by atoms with Crippen LogP contribution < -0.4 is 4.74 Å². The Kier molecular flexibility index (Phi) is 4.04. The van der Waals surface area contributed by atoms with Crippen LogP contribution in [0.15, 0.2) is 40.9 Å². The Morgan fingerprint density at radius 3 is 2.44 bits per heavy atom. The minimum Gasteiger partial charge on any atom is -0.457 e. The Bertz CT molecular complexity index is 596. The monoisotopic (exact) mass is 324 g/mol. The van der Waals surface area contributed by atoms with Gasteiger partial charge in [0, 0.05) is 16.1 Å². The van der Waals surface area contributed by atoms with E-state index >= 15 is 0 Å². The fraction of sp³-hybridized carbons (Fsp3) is 0.0714. The van der Waals surface area contributed by atoms with E-state index in [1.165, 1.54) is 0 Å². The average molecular weight is 326 g/mol. The predicted octanol–water partition coefficient (Wildman–Crippen LogP) is 5.02. The number of carbonyl (C=O) groups is 1. The Balaban J connectivity index is 2.25. The summed E-state index contributed by atoms with van der Waals surface area (Å²) < 4.78 is 6.70. The fourth-order valence-electron chi connectivity index (χ4n) is 1.48. The minimum atomic E-state index is 0.385. The van der Waals surface area contributed by atoms with Crippen LogP contribution in [0.1, 0.15) is 15.9 Å². The third kappa shape index (κ3) is 2.92. The number of carbonyl (C=O) groups excluding carboxylic acids is 1. The molecule has 2 aromatic carbocycles. The van der Waals surface area contributed by atoms with Crippen molar-refractivity contribution in [1.82, 2.24) is 0 Å². The molecule has 2 aromatic rings. The van der Waals surface area contributed by atoms with E-state index in [-0.39, 0.29) is 0 Å². The lowest BCUT2D eigenvalue weighted by Gasteiger charge is -2.08. The zero-order valence-electron chi connectivity index (χ0n) is 9.61. The summed E-state index contributed by atoms with van der Waals surface area (Å²) >= 11 is 9.36. The molecule has 0 aliphatic heterocycles.